The molecule has 10 heavy (non-hydrogen) atoms. The van der Waals surface area contributed by atoms with E-state index in [0.29, 0.717) is 0 Å². The first-order valence-electron chi connectivity index (χ1n) is 3.95. The predicted octanol–water partition coefficient (Wildman–Crippen LogP) is 2.20. The lowest BCUT2D eigenvalue weighted by atomic mass is 10.1. The third kappa shape index (κ3) is 1.72. The summed E-state index contributed by atoms with van der Waals surface area (Å²) in [6, 6.07) is 0. The summed E-state index contributed by atoms with van der Waals surface area (Å²) in [6.07, 6.45) is 4.89. The summed E-state index contributed by atoms with van der Waals surface area (Å²) < 4.78 is 0. The Hall–Kier alpha value is -0.530. The summed E-state index contributed by atoms with van der Waals surface area (Å²) in [4.78, 5) is 4.71. The highest BCUT2D eigenvalue weighted by atomic mass is 16.6. The molecule has 1 atom stereocenters. The predicted molar refractivity (Wildman–Crippen MR) is 42.1 cm³/mol. The van der Waals surface area contributed by atoms with Gasteiger partial charge in [-0.2, -0.15) is 0 Å². The van der Waals surface area contributed by atoms with Gasteiger partial charge in [0, 0.05) is 0 Å². The van der Waals surface area contributed by atoms with Crippen molar-refractivity contribution in [2.75, 3.05) is 7.11 Å². The molecule has 0 aliphatic heterocycles. The Morgan fingerprint density at radius 3 is 3.00 bits per heavy atom. The van der Waals surface area contributed by atoms with Crippen LogP contribution in [0, 0.1) is 5.92 Å². The van der Waals surface area contributed by atoms with Gasteiger partial charge in [-0.25, -0.2) is 0 Å². The quantitative estimate of drug-likeness (QED) is 0.540. The van der Waals surface area contributed by atoms with Crippen LogP contribution in [0.15, 0.2) is 5.16 Å². The van der Waals surface area contributed by atoms with Gasteiger partial charge in [-0.05, 0) is 25.2 Å². The Bertz CT molecular complexity index is 131. The fourth-order valence-corrected chi connectivity index (χ4v) is 1.47. The number of oxime groups is 1. The van der Waals surface area contributed by atoms with E-state index in [4.69, 9.17) is 4.84 Å². The fourth-order valence-electron chi connectivity index (χ4n) is 1.47. The molecule has 0 N–H and O–H groups in total. The van der Waals surface area contributed by atoms with Crippen LogP contribution in [-0.4, -0.2) is 12.8 Å². The van der Waals surface area contributed by atoms with Crippen molar-refractivity contribution in [2.24, 2.45) is 11.1 Å². The van der Waals surface area contributed by atoms with Crippen LogP contribution in [0.4, 0.5) is 0 Å². The number of hydrogen-bond acceptors (Lipinski definition) is 2. The molecule has 0 spiro atoms. The number of rotatable bonds is 2. The maximum atomic E-state index is 4.71. The van der Waals surface area contributed by atoms with Crippen LogP contribution < -0.4 is 0 Å². The monoisotopic (exact) mass is 141 g/mol. The van der Waals surface area contributed by atoms with Gasteiger partial charge in [0.2, 0.25) is 0 Å². The van der Waals surface area contributed by atoms with Gasteiger partial charge in [0.15, 0.2) is 0 Å². The molecular formula is C8H15NO. The second-order valence-corrected chi connectivity index (χ2v) is 2.86. The zero-order valence-electron chi connectivity index (χ0n) is 6.76. The van der Waals surface area contributed by atoms with Crippen molar-refractivity contribution in [3.63, 3.8) is 0 Å². The third-order valence-corrected chi connectivity index (χ3v) is 2.16. The minimum Gasteiger partial charge on any atom is -0.399 e. The molecule has 1 rings (SSSR count). The molecule has 2 heteroatoms. The zero-order chi connectivity index (χ0) is 7.40. The molecular weight excluding hydrogens is 126 g/mol. The van der Waals surface area contributed by atoms with Gasteiger partial charge in [0.05, 0.1) is 5.71 Å². The van der Waals surface area contributed by atoms with E-state index in [1.165, 1.54) is 18.6 Å². The highest BCUT2D eigenvalue weighted by Crippen LogP contribution is 2.25. The standard InChI is InChI=1S/C8H15NO/c1-3-7-4-5-8(6-7)9-10-2/h7H,3-6H2,1-2H3/b9-8+. The largest absolute Gasteiger partial charge is 0.399 e. The van der Waals surface area contributed by atoms with Crippen molar-refractivity contribution >= 4 is 5.71 Å². The van der Waals surface area contributed by atoms with Gasteiger partial charge in [-0.1, -0.05) is 18.5 Å². The van der Waals surface area contributed by atoms with Gasteiger partial charge in [0.25, 0.3) is 0 Å². The third-order valence-electron chi connectivity index (χ3n) is 2.16. The van der Waals surface area contributed by atoms with Crippen molar-refractivity contribution in [3.8, 4) is 0 Å². The van der Waals surface area contributed by atoms with Crippen molar-refractivity contribution in [3.05, 3.63) is 0 Å². The van der Waals surface area contributed by atoms with E-state index in [1.807, 2.05) is 0 Å². The number of hydrogen-bond donors (Lipinski definition) is 0. The Balaban J connectivity index is 2.35. The molecule has 0 aromatic heterocycles. The van der Waals surface area contributed by atoms with Crippen LogP contribution in [0.1, 0.15) is 32.6 Å². The van der Waals surface area contributed by atoms with E-state index in [0.717, 1.165) is 18.8 Å². The van der Waals surface area contributed by atoms with Crippen LogP contribution >= 0.6 is 0 Å². The molecule has 1 saturated carbocycles. The average Bonchev–Trinajstić information content (AvgIpc) is 2.37. The Kier molecular flexibility index (Phi) is 2.72. The van der Waals surface area contributed by atoms with Crippen molar-refractivity contribution < 1.29 is 4.84 Å². The summed E-state index contributed by atoms with van der Waals surface area (Å²) in [5.41, 5.74) is 1.24. The van der Waals surface area contributed by atoms with Gasteiger partial charge in [0.1, 0.15) is 7.11 Å². The molecule has 2 nitrogen and oxygen atoms in total. The smallest absolute Gasteiger partial charge is 0.106 e. The Labute approximate surface area is 62.3 Å². The molecule has 0 aromatic carbocycles. The fraction of sp³-hybridized carbons (Fsp3) is 0.875. The van der Waals surface area contributed by atoms with Crippen LogP contribution in [0.3, 0.4) is 0 Å². The summed E-state index contributed by atoms with van der Waals surface area (Å²) in [6.45, 7) is 2.24. The molecule has 0 heterocycles. The van der Waals surface area contributed by atoms with Gasteiger partial charge >= 0.3 is 0 Å². The van der Waals surface area contributed by atoms with E-state index in [2.05, 4.69) is 12.1 Å². The molecule has 0 aromatic rings. The van der Waals surface area contributed by atoms with Crippen LogP contribution in [0.2, 0.25) is 0 Å². The first-order valence-corrected chi connectivity index (χ1v) is 3.95. The second-order valence-electron chi connectivity index (χ2n) is 2.86. The zero-order valence-corrected chi connectivity index (χ0v) is 6.76. The molecule has 1 fully saturated rings. The lowest BCUT2D eigenvalue weighted by Gasteiger charge is -1.99. The minimum absolute atomic E-state index is 0.869. The molecule has 1 aliphatic rings. The van der Waals surface area contributed by atoms with Gasteiger partial charge in [-0.3, -0.25) is 0 Å². The normalized spacial score (nSPS) is 29.4. The molecule has 0 amide bonds. The Morgan fingerprint density at radius 2 is 2.50 bits per heavy atom. The lowest BCUT2D eigenvalue weighted by Crippen LogP contribution is -1.93. The van der Waals surface area contributed by atoms with E-state index in [1.54, 1.807) is 7.11 Å². The maximum absolute atomic E-state index is 4.71. The highest BCUT2D eigenvalue weighted by Gasteiger charge is 2.18. The maximum Gasteiger partial charge on any atom is 0.106 e. The minimum atomic E-state index is 0.869. The Morgan fingerprint density at radius 1 is 1.70 bits per heavy atom. The summed E-state index contributed by atoms with van der Waals surface area (Å²) in [7, 11) is 1.62. The highest BCUT2D eigenvalue weighted by molar-refractivity contribution is 5.85. The number of nitrogens with zero attached hydrogens (tertiary/aromatic N) is 1. The summed E-state index contributed by atoms with van der Waals surface area (Å²) in [5.74, 6) is 0.869. The average molecular weight is 141 g/mol. The SMILES string of the molecule is CCC1CC/C(=N\OC)C1. The summed E-state index contributed by atoms with van der Waals surface area (Å²) in [5, 5.41) is 3.94. The molecule has 0 saturated heterocycles. The van der Waals surface area contributed by atoms with E-state index < -0.39 is 0 Å². The van der Waals surface area contributed by atoms with Gasteiger partial charge < -0.3 is 4.84 Å². The van der Waals surface area contributed by atoms with Gasteiger partial charge in [-0.15, -0.1) is 0 Å². The summed E-state index contributed by atoms with van der Waals surface area (Å²) >= 11 is 0. The van der Waals surface area contributed by atoms with E-state index in [9.17, 15) is 0 Å². The van der Waals surface area contributed by atoms with Crippen molar-refractivity contribution in [1.29, 1.82) is 0 Å². The van der Waals surface area contributed by atoms with E-state index in [-0.39, 0.29) is 0 Å². The molecule has 0 radical (unpaired) electrons. The molecule has 1 unspecified atom stereocenters. The lowest BCUT2D eigenvalue weighted by molar-refractivity contribution is 0.212. The topological polar surface area (TPSA) is 21.6 Å². The van der Waals surface area contributed by atoms with Crippen molar-refractivity contribution in [2.45, 2.75) is 32.6 Å². The van der Waals surface area contributed by atoms with Crippen LogP contribution in [-0.2, 0) is 4.84 Å². The molecule has 1 aliphatic carbocycles. The molecule has 58 valence electrons. The second kappa shape index (κ2) is 3.59. The van der Waals surface area contributed by atoms with Crippen LogP contribution in [0.25, 0.3) is 0 Å². The first-order chi connectivity index (χ1) is 4.86. The molecule has 0 bridgehead atoms. The van der Waals surface area contributed by atoms with E-state index >= 15 is 0 Å². The first kappa shape index (κ1) is 7.58. The van der Waals surface area contributed by atoms with Crippen molar-refractivity contribution in [1.82, 2.24) is 0 Å². The van der Waals surface area contributed by atoms with Crippen LogP contribution in [0.5, 0.6) is 0 Å².